The normalized spacial score (nSPS) is 14.4. The lowest BCUT2D eigenvalue weighted by Crippen LogP contribution is -2.39. The number of carboxylic acid groups (broad SMARTS) is 1. The molecule has 1 amide bonds. The van der Waals surface area contributed by atoms with Crippen molar-refractivity contribution in [2.75, 3.05) is 20.2 Å². The maximum absolute atomic E-state index is 12.8. The van der Waals surface area contributed by atoms with E-state index in [-0.39, 0.29) is 17.0 Å². The van der Waals surface area contributed by atoms with E-state index in [0.717, 1.165) is 37.1 Å². The van der Waals surface area contributed by atoms with Crippen LogP contribution in [0.4, 0.5) is 5.69 Å². The average Bonchev–Trinajstić information content (AvgIpc) is 2.74. The number of non-ortho nitro benzene ring substituents is 1. The van der Waals surface area contributed by atoms with Crippen LogP contribution in [-0.2, 0) is 6.42 Å². The Bertz CT molecular complexity index is 885. The summed E-state index contributed by atoms with van der Waals surface area (Å²) in [7, 11) is 1.63. The van der Waals surface area contributed by atoms with E-state index in [2.05, 4.69) is 0 Å². The number of ether oxygens (including phenoxy) is 1. The molecule has 2 aromatic rings. The number of carbonyl (C=O) groups is 2. The molecule has 29 heavy (non-hydrogen) atoms. The Morgan fingerprint density at radius 1 is 1.14 bits per heavy atom. The molecule has 1 N–H and O–H groups in total. The van der Waals surface area contributed by atoms with Gasteiger partial charge in [-0.25, -0.2) is 4.79 Å². The number of piperidine rings is 1. The number of methoxy groups -OCH3 is 1. The fourth-order valence-corrected chi connectivity index (χ4v) is 3.58. The van der Waals surface area contributed by atoms with Crippen molar-refractivity contribution in [3.8, 4) is 5.75 Å². The van der Waals surface area contributed by atoms with Crippen LogP contribution in [0, 0.1) is 16.0 Å². The van der Waals surface area contributed by atoms with Gasteiger partial charge < -0.3 is 14.7 Å². The molecule has 0 aromatic heterocycles. The van der Waals surface area contributed by atoms with Crippen molar-refractivity contribution >= 4 is 17.6 Å². The number of carbonyl (C=O) groups excluding carboxylic acids is 1. The highest BCUT2D eigenvalue weighted by molar-refractivity contribution is 5.98. The van der Waals surface area contributed by atoms with Gasteiger partial charge in [-0.1, -0.05) is 12.1 Å². The van der Waals surface area contributed by atoms with Gasteiger partial charge in [0.25, 0.3) is 11.6 Å². The first-order chi connectivity index (χ1) is 13.9. The van der Waals surface area contributed by atoms with Gasteiger partial charge in [0.15, 0.2) is 0 Å². The van der Waals surface area contributed by atoms with Crippen LogP contribution in [0.2, 0.25) is 0 Å². The summed E-state index contributed by atoms with van der Waals surface area (Å²) in [6, 6.07) is 11.2. The van der Waals surface area contributed by atoms with Gasteiger partial charge in [-0.15, -0.1) is 0 Å². The van der Waals surface area contributed by atoms with E-state index in [1.807, 2.05) is 24.3 Å². The van der Waals surface area contributed by atoms with E-state index in [4.69, 9.17) is 9.84 Å². The van der Waals surface area contributed by atoms with Crippen molar-refractivity contribution in [2.24, 2.45) is 5.92 Å². The molecule has 2 aromatic carbocycles. The Morgan fingerprint density at radius 3 is 2.31 bits per heavy atom. The summed E-state index contributed by atoms with van der Waals surface area (Å²) >= 11 is 0. The van der Waals surface area contributed by atoms with Gasteiger partial charge in [0.2, 0.25) is 0 Å². The van der Waals surface area contributed by atoms with Gasteiger partial charge in [-0.3, -0.25) is 14.9 Å². The highest BCUT2D eigenvalue weighted by atomic mass is 16.6. The molecule has 0 spiro atoms. The van der Waals surface area contributed by atoms with Crippen LogP contribution < -0.4 is 4.74 Å². The number of nitro groups is 1. The minimum atomic E-state index is -1.30. The van der Waals surface area contributed by atoms with E-state index < -0.39 is 16.6 Å². The molecule has 0 saturated carbocycles. The first kappa shape index (κ1) is 20.3. The second-order valence-corrected chi connectivity index (χ2v) is 7.12. The molecule has 0 aliphatic carbocycles. The molecular weight excluding hydrogens is 376 g/mol. The Kier molecular flexibility index (Phi) is 6.11. The molecule has 0 atom stereocenters. The summed E-state index contributed by atoms with van der Waals surface area (Å²) in [5.41, 5.74) is 0.574. The number of amides is 1. The minimum absolute atomic E-state index is 0.0326. The van der Waals surface area contributed by atoms with Crippen LogP contribution in [0.3, 0.4) is 0 Å². The van der Waals surface area contributed by atoms with Crippen molar-refractivity contribution in [3.63, 3.8) is 0 Å². The zero-order valence-electron chi connectivity index (χ0n) is 16.0. The van der Waals surface area contributed by atoms with E-state index in [1.54, 1.807) is 12.0 Å². The molecule has 8 heteroatoms. The topological polar surface area (TPSA) is 110 Å². The van der Waals surface area contributed by atoms with Gasteiger partial charge in [0, 0.05) is 30.8 Å². The lowest BCUT2D eigenvalue weighted by atomic mass is 9.90. The number of benzene rings is 2. The number of hydrogen-bond acceptors (Lipinski definition) is 5. The lowest BCUT2D eigenvalue weighted by Gasteiger charge is -2.32. The van der Waals surface area contributed by atoms with Gasteiger partial charge in [-0.05, 0) is 48.9 Å². The second-order valence-electron chi connectivity index (χ2n) is 7.12. The Balaban J connectivity index is 1.65. The lowest BCUT2D eigenvalue weighted by molar-refractivity contribution is -0.384. The average molecular weight is 398 g/mol. The van der Waals surface area contributed by atoms with Crippen LogP contribution in [-0.4, -0.2) is 47.0 Å². The number of carboxylic acids is 1. The summed E-state index contributed by atoms with van der Waals surface area (Å²) < 4.78 is 5.16. The molecule has 0 bridgehead atoms. The SMILES string of the molecule is COc1ccc(CC2CCN(C(=O)c3cc(C(=O)O)cc([N+](=O)[O-])c3)CC2)cc1. The summed E-state index contributed by atoms with van der Waals surface area (Å²) in [6.45, 7) is 1.06. The molecule has 152 valence electrons. The Hall–Kier alpha value is -3.42. The van der Waals surface area contributed by atoms with E-state index in [0.29, 0.717) is 19.0 Å². The first-order valence-corrected chi connectivity index (χ1v) is 9.32. The largest absolute Gasteiger partial charge is 0.497 e. The van der Waals surface area contributed by atoms with Gasteiger partial charge in [0.05, 0.1) is 17.6 Å². The van der Waals surface area contributed by atoms with Crippen molar-refractivity contribution in [2.45, 2.75) is 19.3 Å². The number of hydrogen-bond donors (Lipinski definition) is 1. The minimum Gasteiger partial charge on any atom is -0.497 e. The predicted octanol–water partition coefficient (Wildman–Crippen LogP) is 3.40. The Morgan fingerprint density at radius 2 is 1.76 bits per heavy atom. The van der Waals surface area contributed by atoms with Crippen molar-refractivity contribution in [3.05, 3.63) is 69.3 Å². The summed E-state index contributed by atoms with van der Waals surface area (Å²) in [5, 5.41) is 20.2. The fraction of sp³-hybridized carbons (Fsp3) is 0.333. The van der Waals surface area contributed by atoms with Crippen LogP contribution in [0.5, 0.6) is 5.75 Å². The maximum Gasteiger partial charge on any atom is 0.335 e. The number of likely N-dealkylation sites (tertiary alicyclic amines) is 1. The number of rotatable bonds is 6. The number of nitro benzene ring substituents is 1. The quantitative estimate of drug-likeness (QED) is 0.590. The Labute approximate surface area is 167 Å². The van der Waals surface area contributed by atoms with Crippen molar-refractivity contribution < 1.29 is 24.4 Å². The number of nitrogens with zero attached hydrogens (tertiary/aromatic N) is 2. The second kappa shape index (κ2) is 8.72. The summed E-state index contributed by atoms with van der Waals surface area (Å²) in [4.78, 5) is 36.0. The van der Waals surface area contributed by atoms with Gasteiger partial charge >= 0.3 is 5.97 Å². The summed E-state index contributed by atoms with van der Waals surface area (Å²) in [6.07, 6.45) is 2.54. The monoisotopic (exact) mass is 398 g/mol. The molecule has 0 unspecified atom stereocenters. The highest BCUT2D eigenvalue weighted by Gasteiger charge is 2.26. The predicted molar refractivity (Wildman–Crippen MR) is 105 cm³/mol. The van der Waals surface area contributed by atoms with E-state index in [9.17, 15) is 19.7 Å². The third-order valence-electron chi connectivity index (χ3n) is 5.21. The first-order valence-electron chi connectivity index (χ1n) is 9.32. The van der Waals surface area contributed by atoms with Crippen molar-refractivity contribution in [1.82, 2.24) is 4.90 Å². The molecule has 1 saturated heterocycles. The number of aromatic carboxylic acids is 1. The molecule has 3 rings (SSSR count). The molecule has 8 nitrogen and oxygen atoms in total. The molecule has 1 aliphatic heterocycles. The zero-order chi connectivity index (χ0) is 21.0. The van der Waals surface area contributed by atoms with Crippen LogP contribution in [0.15, 0.2) is 42.5 Å². The van der Waals surface area contributed by atoms with Gasteiger partial charge in [0.1, 0.15) is 5.75 Å². The van der Waals surface area contributed by atoms with E-state index >= 15 is 0 Å². The van der Waals surface area contributed by atoms with Crippen LogP contribution in [0.1, 0.15) is 39.1 Å². The zero-order valence-corrected chi connectivity index (χ0v) is 16.0. The van der Waals surface area contributed by atoms with Crippen LogP contribution >= 0.6 is 0 Å². The third kappa shape index (κ3) is 4.90. The molecular formula is C21H22N2O6. The maximum atomic E-state index is 12.8. The third-order valence-corrected chi connectivity index (χ3v) is 5.21. The highest BCUT2D eigenvalue weighted by Crippen LogP contribution is 2.25. The summed E-state index contributed by atoms with van der Waals surface area (Å²) in [5.74, 6) is -0.431. The van der Waals surface area contributed by atoms with Gasteiger partial charge in [-0.2, -0.15) is 0 Å². The standard InChI is InChI=1S/C21H22N2O6/c1-29-19-4-2-14(3-5-19)10-15-6-8-22(9-7-15)20(24)16-11-17(21(25)26)13-18(12-16)23(27)28/h2-5,11-13,15H,6-10H2,1H3,(H,25,26). The van der Waals surface area contributed by atoms with Crippen molar-refractivity contribution in [1.29, 1.82) is 0 Å². The fourth-order valence-electron chi connectivity index (χ4n) is 3.58. The van der Waals surface area contributed by atoms with Crippen LogP contribution in [0.25, 0.3) is 0 Å². The molecule has 0 radical (unpaired) electrons. The molecule has 1 aliphatic rings. The molecule has 1 fully saturated rings. The smallest absolute Gasteiger partial charge is 0.335 e. The van der Waals surface area contributed by atoms with E-state index in [1.165, 1.54) is 11.6 Å². The molecule has 1 heterocycles.